The summed E-state index contributed by atoms with van der Waals surface area (Å²) in [5.74, 6) is -4.06. The van der Waals surface area contributed by atoms with E-state index in [1.807, 2.05) is 183 Å². The van der Waals surface area contributed by atoms with Gasteiger partial charge in [0.15, 0.2) is 8.32 Å². The van der Waals surface area contributed by atoms with Gasteiger partial charge in [-0.05, 0) is 130 Å². The van der Waals surface area contributed by atoms with Crippen molar-refractivity contribution in [3.05, 3.63) is 203 Å². The largest absolute Gasteiger partial charge is 0.481 e. The highest BCUT2D eigenvalue weighted by Gasteiger charge is 2.44. The number of guanidine groups is 1. The fraction of sp³-hybridized carbons (Fsp3) is 0.386. The molecular formula is C70H86N6O11Si. The van der Waals surface area contributed by atoms with E-state index in [1.54, 1.807) is 41.5 Å². The first-order chi connectivity index (χ1) is 41.6. The second-order valence-electron chi connectivity index (χ2n) is 25.7. The summed E-state index contributed by atoms with van der Waals surface area (Å²) in [6.45, 7) is 20.3. The standard InChI is InChI=1S/C70H86N6O11Si/c1-67(2,3)85-65(82)74-63(75-66(83)86-68(4,5)6)71-42-28-31-48(62(79)80)44-59(87-88(10,11)69(7,8)9)57(43-47-29-16-12-17-30-47)72-61(78)58(73-64(81)84-46-56-54-40-26-24-38-52(54)53-39-25-27-41-55(53)56)45-60(77)76-70(49-32-18-13-19-33-49,50-34-20-14-21-35-50)51-36-22-15-23-37-51/h12-27,29-30,32-41,48,56-59H,28,31,42-46H2,1-11H3,(H,72,78)(H,73,81)(H,76,77)(H,79,80)(H2,71,74,75,82,83)/t48-,57+,58+,59+/m1/s1. The molecule has 7 rings (SSSR count). The van der Waals surface area contributed by atoms with Crippen LogP contribution in [-0.4, -0.2) is 98.0 Å². The quantitative estimate of drug-likeness (QED) is 0.00882. The normalized spacial score (nSPS) is 13.9. The molecule has 6 aromatic rings. The molecule has 6 N–H and O–H groups in total. The molecule has 466 valence electrons. The van der Waals surface area contributed by atoms with Crippen LogP contribution < -0.4 is 26.6 Å². The highest BCUT2D eigenvalue weighted by Crippen LogP contribution is 2.45. The molecule has 0 saturated heterocycles. The smallest absolute Gasteiger partial charge is 0.414 e. The van der Waals surface area contributed by atoms with Gasteiger partial charge in [0.1, 0.15) is 29.4 Å². The average Bonchev–Trinajstić information content (AvgIpc) is 1.51. The number of carbonyl (C=O) groups excluding carboxylic acids is 5. The number of amides is 5. The lowest BCUT2D eigenvalue weighted by atomic mass is 9.77. The molecule has 0 heterocycles. The van der Waals surface area contributed by atoms with Gasteiger partial charge in [0, 0.05) is 12.5 Å². The van der Waals surface area contributed by atoms with Crippen molar-refractivity contribution in [1.29, 1.82) is 0 Å². The number of nitrogens with zero attached hydrogens (tertiary/aromatic N) is 1. The first-order valence-electron chi connectivity index (χ1n) is 30.0. The molecule has 0 saturated carbocycles. The molecule has 17 nitrogen and oxygen atoms in total. The molecule has 4 atom stereocenters. The zero-order valence-corrected chi connectivity index (χ0v) is 53.5. The van der Waals surface area contributed by atoms with Crippen LogP contribution in [0, 0.1) is 5.92 Å². The predicted molar refractivity (Wildman–Crippen MR) is 344 cm³/mol. The Morgan fingerprint density at radius 1 is 0.591 bits per heavy atom. The number of hydrogen-bond donors (Lipinski definition) is 6. The third kappa shape index (κ3) is 18.5. The molecule has 0 radical (unpaired) electrons. The number of carbonyl (C=O) groups is 6. The zero-order valence-electron chi connectivity index (χ0n) is 52.5. The van der Waals surface area contributed by atoms with Gasteiger partial charge in [-0.15, -0.1) is 0 Å². The first-order valence-corrected chi connectivity index (χ1v) is 32.9. The summed E-state index contributed by atoms with van der Waals surface area (Å²) >= 11 is 0. The van der Waals surface area contributed by atoms with Gasteiger partial charge in [-0.3, -0.25) is 30.0 Å². The van der Waals surface area contributed by atoms with Crippen molar-refractivity contribution in [3.63, 3.8) is 0 Å². The van der Waals surface area contributed by atoms with Crippen molar-refractivity contribution in [2.45, 2.75) is 153 Å². The van der Waals surface area contributed by atoms with Crippen molar-refractivity contribution >= 4 is 50.3 Å². The Labute approximate surface area is 518 Å². The van der Waals surface area contributed by atoms with E-state index in [9.17, 15) is 24.3 Å². The number of ether oxygens (including phenoxy) is 3. The minimum atomic E-state index is -2.82. The third-order valence-electron chi connectivity index (χ3n) is 15.7. The fourth-order valence-electron chi connectivity index (χ4n) is 10.6. The van der Waals surface area contributed by atoms with Gasteiger partial charge in [-0.25, -0.2) is 14.4 Å². The van der Waals surface area contributed by atoms with E-state index in [0.29, 0.717) is 0 Å². The molecular weight excluding hydrogens is 1130 g/mol. The molecule has 0 spiro atoms. The number of benzene rings is 6. The van der Waals surface area contributed by atoms with Gasteiger partial charge in [-0.1, -0.05) is 191 Å². The van der Waals surface area contributed by atoms with Crippen LogP contribution in [-0.2, 0) is 45.0 Å². The number of aliphatic imine (C=N–C) groups is 1. The third-order valence-corrected chi connectivity index (χ3v) is 20.2. The predicted octanol–water partition coefficient (Wildman–Crippen LogP) is 12.8. The highest BCUT2D eigenvalue weighted by atomic mass is 28.4. The molecule has 88 heavy (non-hydrogen) atoms. The van der Waals surface area contributed by atoms with E-state index in [4.69, 9.17) is 18.6 Å². The van der Waals surface area contributed by atoms with Gasteiger partial charge >= 0.3 is 24.2 Å². The average molecular weight is 1220 g/mol. The minimum absolute atomic E-state index is 0.0337. The van der Waals surface area contributed by atoms with Gasteiger partial charge in [0.25, 0.3) is 0 Å². The minimum Gasteiger partial charge on any atom is -0.481 e. The van der Waals surface area contributed by atoms with Crippen molar-refractivity contribution in [1.82, 2.24) is 26.6 Å². The zero-order chi connectivity index (χ0) is 63.9. The molecule has 1 aliphatic carbocycles. The Bertz CT molecular complexity index is 3190. The fourth-order valence-corrected chi connectivity index (χ4v) is 11.9. The van der Waals surface area contributed by atoms with Crippen molar-refractivity contribution in [2.24, 2.45) is 10.9 Å². The maximum atomic E-state index is 15.6. The van der Waals surface area contributed by atoms with Crippen LogP contribution in [0.25, 0.3) is 11.1 Å². The van der Waals surface area contributed by atoms with E-state index < -0.39 is 91.6 Å². The molecule has 0 aliphatic heterocycles. The summed E-state index contributed by atoms with van der Waals surface area (Å²) in [5.41, 5.74) is 4.08. The van der Waals surface area contributed by atoms with Crippen molar-refractivity contribution in [3.8, 4) is 11.1 Å². The number of carboxylic acid groups (broad SMARTS) is 1. The number of fused-ring (bicyclic) bond motifs is 3. The maximum Gasteiger partial charge on any atom is 0.414 e. The first kappa shape index (κ1) is 66.9. The van der Waals surface area contributed by atoms with Crippen LogP contribution in [0.1, 0.15) is 127 Å². The molecule has 6 aromatic carbocycles. The Morgan fingerprint density at radius 2 is 1.05 bits per heavy atom. The van der Waals surface area contributed by atoms with Crippen molar-refractivity contribution < 1.29 is 52.5 Å². The van der Waals surface area contributed by atoms with E-state index in [0.717, 1.165) is 44.5 Å². The van der Waals surface area contributed by atoms with E-state index in [2.05, 4.69) is 52.3 Å². The number of aliphatic carboxylic acids is 1. The Morgan fingerprint density at radius 3 is 1.50 bits per heavy atom. The van der Waals surface area contributed by atoms with Crippen LogP contribution in [0.3, 0.4) is 0 Å². The summed E-state index contributed by atoms with van der Waals surface area (Å²) in [6.07, 6.45) is -3.86. The summed E-state index contributed by atoms with van der Waals surface area (Å²) in [6, 6.07) is 51.4. The molecule has 0 unspecified atom stereocenters. The number of nitrogens with one attached hydrogen (secondary N) is 5. The van der Waals surface area contributed by atoms with Gasteiger partial charge < -0.3 is 39.7 Å². The number of rotatable bonds is 23. The summed E-state index contributed by atoms with van der Waals surface area (Å²) in [7, 11) is -2.82. The van der Waals surface area contributed by atoms with Crippen LogP contribution in [0.4, 0.5) is 14.4 Å². The van der Waals surface area contributed by atoms with Gasteiger partial charge in [0.05, 0.1) is 24.5 Å². The van der Waals surface area contributed by atoms with Crippen LogP contribution >= 0.6 is 0 Å². The van der Waals surface area contributed by atoms with E-state index in [1.165, 1.54) is 0 Å². The van der Waals surface area contributed by atoms with Gasteiger partial charge in [-0.2, -0.15) is 0 Å². The van der Waals surface area contributed by atoms with Crippen molar-refractivity contribution in [2.75, 3.05) is 13.2 Å². The van der Waals surface area contributed by atoms with E-state index in [-0.39, 0.29) is 55.8 Å². The number of hydrogen-bond acceptors (Lipinski definition) is 11. The molecule has 1 aliphatic rings. The lowest BCUT2D eigenvalue weighted by Crippen LogP contribution is -2.58. The monoisotopic (exact) mass is 1210 g/mol. The summed E-state index contributed by atoms with van der Waals surface area (Å²) in [4.78, 5) is 89.2. The molecule has 5 amide bonds. The Hall–Kier alpha value is -8.61. The molecule has 0 bridgehead atoms. The topological polar surface area (TPSA) is 232 Å². The highest BCUT2D eigenvalue weighted by molar-refractivity contribution is 6.74. The summed E-state index contributed by atoms with van der Waals surface area (Å²) in [5, 5.41) is 25.0. The molecule has 18 heteroatoms. The number of alkyl carbamates (subject to hydrolysis) is 3. The second kappa shape index (κ2) is 29.4. The van der Waals surface area contributed by atoms with E-state index >= 15 is 9.59 Å². The lowest BCUT2D eigenvalue weighted by Gasteiger charge is -2.42. The van der Waals surface area contributed by atoms with Crippen LogP contribution in [0.2, 0.25) is 18.1 Å². The molecule has 0 aromatic heterocycles. The second-order valence-corrected chi connectivity index (χ2v) is 30.5. The molecule has 0 fully saturated rings. The SMILES string of the molecule is CC(C)(C)OC(=O)NC(=NCCC[C@H](C[C@H](O[Si](C)(C)C(C)(C)C)[C@H](Cc1ccccc1)NC(=O)[C@H](CC(=O)NC(c1ccccc1)(c1ccccc1)c1ccccc1)NC(=O)OCC1c2ccccc2-c2ccccc21)C(=O)O)NC(=O)OC(C)(C)C. The van der Waals surface area contributed by atoms with Crippen LogP contribution in [0.15, 0.2) is 175 Å². The lowest BCUT2D eigenvalue weighted by molar-refractivity contribution is -0.143. The summed E-state index contributed by atoms with van der Waals surface area (Å²) < 4.78 is 24.1. The van der Waals surface area contributed by atoms with Gasteiger partial charge in [0.2, 0.25) is 17.8 Å². The Balaban J connectivity index is 1.24. The number of carboxylic acids is 1. The maximum absolute atomic E-state index is 15.6. The Kier molecular flexibility index (Phi) is 22.3. The van der Waals surface area contributed by atoms with Crippen LogP contribution in [0.5, 0.6) is 0 Å².